The first kappa shape index (κ1) is 16.8. The van der Waals surface area contributed by atoms with Crippen molar-refractivity contribution in [1.29, 1.82) is 0 Å². The Bertz CT molecular complexity index is 1020. The van der Waals surface area contributed by atoms with Crippen LogP contribution in [0.25, 0.3) is 21.5 Å². The topological polar surface area (TPSA) is 30.7 Å². The van der Waals surface area contributed by atoms with Gasteiger partial charge >= 0.3 is 0 Å². The summed E-state index contributed by atoms with van der Waals surface area (Å²) in [7, 11) is 0. The number of halogens is 1. The van der Waals surface area contributed by atoms with E-state index < -0.39 is 0 Å². The largest absolute Gasteiger partial charge is 0.302 e. The predicted octanol–water partition coefficient (Wildman–Crippen LogP) is 6.23. The van der Waals surface area contributed by atoms with Gasteiger partial charge in [0.15, 0.2) is 11.0 Å². The minimum atomic E-state index is 0.854. The van der Waals surface area contributed by atoms with E-state index in [0.29, 0.717) is 0 Å². The van der Waals surface area contributed by atoms with Crippen LogP contribution in [0.15, 0.2) is 63.5 Å². The Hall–Kier alpha value is -1.63. The molecule has 0 saturated carbocycles. The van der Waals surface area contributed by atoms with Gasteiger partial charge in [-0.1, -0.05) is 58.0 Å². The molecule has 0 atom stereocenters. The molecule has 0 radical (unpaired) electrons. The summed E-state index contributed by atoms with van der Waals surface area (Å²) in [6.45, 7) is 3.00. The van der Waals surface area contributed by atoms with Crippen LogP contribution in [0.5, 0.6) is 0 Å². The van der Waals surface area contributed by atoms with Gasteiger partial charge in [-0.2, -0.15) is 0 Å². The molecule has 6 heteroatoms. The third-order valence-electron chi connectivity index (χ3n) is 4.01. The molecule has 0 aliphatic heterocycles. The fraction of sp³-hybridized carbons (Fsp3) is 0.158. The second kappa shape index (κ2) is 7.32. The smallest absolute Gasteiger partial charge is 0.191 e. The first-order valence-electron chi connectivity index (χ1n) is 8.03. The number of rotatable bonds is 5. The number of aromatic nitrogens is 3. The highest BCUT2D eigenvalue weighted by atomic mass is 79.9. The van der Waals surface area contributed by atoms with Gasteiger partial charge in [0.2, 0.25) is 0 Å². The molecule has 0 bridgehead atoms. The Kier molecular flexibility index (Phi) is 4.92. The minimum absolute atomic E-state index is 0.854. The number of hydrogen-bond donors (Lipinski definition) is 0. The summed E-state index contributed by atoms with van der Waals surface area (Å²) in [4.78, 5) is 0. The van der Waals surface area contributed by atoms with Crippen LogP contribution in [0.1, 0.15) is 12.5 Å². The highest BCUT2D eigenvalue weighted by Crippen LogP contribution is 2.34. The molecule has 2 heterocycles. The van der Waals surface area contributed by atoms with E-state index in [2.05, 4.69) is 85.5 Å². The van der Waals surface area contributed by atoms with Gasteiger partial charge in [0.25, 0.3) is 0 Å². The van der Waals surface area contributed by atoms with Crippen molar-refractivity contribution in [2.24, 2.45) is 0 Å². The lowest BCUT2D eigenvalue weighted by Crippen LogP contribution is -1.99. The van der Waals surface area contributed by atoms with Gasteiger partial charge in [0.1, 0.15) is 0 Å². The molecule has 0 unspecified atom stereocenters. The van der Waals surface area contributed by atoms with E-state index in [1.54, 1.807) is 23.1 Å². The van der Waals surface area contributed by atoms with Gasteiger partial charge in [-0.15, -0.1) is 21.5 Å². The third-order valence-corrected chi connectivity index (χ3v) is 6.51. The lowest BCUT2D eigenvalue weighted by molar-refractivity contribution is 0.687. The van der Waals surface area contributed by atoms with Gasteiger partial charge in [0, 0.05) is 37.8 Å². The molecule has 2 aromatic carbocycles. The van der Waals surface area contributed by atoms with Crippen LogP contribution >= 0.6 is 39.0 Å². The molecule has 3 nitrogen and oxygen atoms in total. The lowest BCUT2D eigenvalue weighted by Gasteiger charge is -2.07. The maximum atomic E-state index is 4.50. The molecule has 126 valence electrons. The van der Waals surface area contributed by atoms with E-state index in [4.69, 9.17) is 0 Å². The summed E-state index contributed by atoms with van der Waals surface area (Å²) in [5.41, 5.74) is 2.44. The Labute approximate surface area is 163 Å². The van der Waals surface area contributed by atoms with E-state index in [-0.39, 0.29) is 0 Å². The zero-order chi connectivity index (χ0) is 17.2. The maximum absolute atomic E-state index is 4.50. The van der Waals surface area contributed by atoms with Crippen LogP contribution in [0.2, 0.25) is 0 Å². The van der Waals surface area contributed by atoms with E-state index in [9.17, 15) is 0 Å². The first-order chi connectivity index (χ1) is 12.3. The van der Waals surface area contributed by atoms with Gasteiger partial charge in [-0.3, -0.25) is 0 Å². The van der Waals surface area contributed by atoms with Crippen molar-refractivity contribution in [3.8, 4) is 11.4 Å². The second-order valence-electron chi connectivity index (χ2n) is 5.61. The third kappa shape index (κ3) is 3.38. The zero-order valence-electron chi connectivity index (χ0n) is 13.6. The van der Waals surface area contributed by atoms with Crippen LogP contribution in [-0.2, 0) is 12.3 Å². The minimum Gasteiger partial charge on any atom is -0.302 e. The molecule has 0 saturated heterocycles. The van der Waals surface area contributed by atoms with Crippen molar-refractivity contribution in [3.63, 3.8) is 0 Å². The summed E-state index contributed by atoms with van der Waals surface area (Å²) in [5, 5.41) is 13.4. The number of thiophene rings is 1. The molecule has 4 rings (SSSR count). The summed E-state index contributed by atoms with van der Waals surface area (Å²) in [6.07, 6.45) is 0. The second-order valence-corrected chi connectivity index (χ2v) is 8.38. The van der Waals surface area contributed by atoms with Crippen molar-refractivity contribution in [2.45, 2.75) is 24.4 Å². The predicted molar refractivity (Wildman–Crippen MR) is 110 cm³/mol. The van der Waals surface area contributed by atoms with E-state index in [1.165, 1.54) is 21.2 Å². The molecule has 0 fully saturated rings. The van der Waals surface area contributed by atoms with Crippen LogP contribution in [0.3, 0.4) is 0 Å². The molecule has 0 aliphatic carbocycles. The molecule has 0 amide bonds. The van der Waals surface area contributed by atoms with Crippen LogP contribution in [-0.4, -0.2) is 14.8 Å². The van der Waals surface area contributed by atoms with Crippen LogP contribution < -0.4 is 0 Å². The fourth-order valence-corrected chi connectivity index (χ4v) is 5.14. The van der Waals surface area contributed by atoms with E-state index >= 15 is 0 Å². The van der Waals surface area contributed by atoms with Gasteiger partial charge < -0.3 is 4.57 Å². The van der Waals surface area contributed by atoms with Crippen LogP contribution in [0, 0.1) is 0 Å². The maximum Gasteiger partial charge on any atom is 0.191 e. The summed E-state index contributed by atoms with van der Waals surface area (Å²) in [5.74, 6) is 1.83. The molecular weight excluding hydrogens is 414 g/mol. The quantitative estimate of drug-likeness (QED) is 0.352. The molecular formula is C19H16BrN3S2. The molecule has 2 aromatic heterocycles. The number of hydrogen-bond acceptors (Lipinski definition) is 4. The normalized spacial score (nSPS) is 11.3. The Morgan fingerprint density at radius 3 is 2.84 bits per heavy atom. The van der Waals surface area contributed by atoms with Gasteiger partial charge in [-0.05, 0) is 30.7 Å². The van der Waals surface area contributed by atoms with Crippen molar-refractivity contribution in [1.82, 2.24) is 14.8 Å². The average Bonchev–Trinajstić information content (AvgIpc) is 3.23. The van der Waals surface area contributed by atoms with Gasteiger partial charge in [-0.25, -0.2) is 0 Å². The van der Waals surface area contributed by atoms with Crippen molar-refractivity contribution in [3.05, 3.63) is 63.9 Å². The lowest BCUT2D eigenvalue weighted by atomic mass is 10.1. The van der Waals surface area contributed by atoms with Crippen molar-refractivity contribution < 1.29 is 0 Å². The standard InChI is InChI=1S/C19H16BrN3S2/c1-2-23-18(16-12-24-17-9-4-3-8-15(16)17)21-22-19(23)25-11-13-6-5-7-14(20)10-13/h3-10,12H,2,11H2,1H3. The van der Waals surface area contributed by atoms with E-state index in [1.807, 2.05) is 6.07 Å². The summed E-state index contributed by atoms with van der Waals surface area (Å²) >= 11 is 7.01. The first-order valence-corrected chi connectivity index (χ1v) is 10.7. The molecule has 25 heavy (non-hydrogen) atoms. The summed E-state index contributed by atoms with van der Waals surface area (Å²) < 4.78 is 4.59. The number of benzene rings is 2. The van der Waals surface area contributed by atoms with Crippen molar-refractivity contribution in [2.75, 3.05) is 0 Å². The Morgan fingerprint density at radius 1 is 1.12 bits per heavy atom. The number of nitrogens with zero attached hydrogens (tertiary/aromatic N) is 3. The molecule has 0 N–H and O–H groups in total. The average molecular weight is 430 g/mol. The van der Waals surface area contributed by atoms with Crippen molar-refractivity contribution >= 4 is 49.1 Å². The molecule has 0 aliphatic rings. The zero-order valence-corrected chi connectivity index (χ0v) is 16.9. The van der Waals surface area contributed by atoms with E-state index in [0.717, 1.165) is 27.8 Å². The number of fused-ring (bicyclic) bond motifs is 1. The number of thioether (sulfide) groups is 1. The van der Waals surface area contributed by atoms with Crippen LogP contribution in [0.4, 0.5) is 0 Å². The molecule has 4 aromatic rings. The molecule has 0 spiro atoms. The Morgan fingerprint density at radius 2 is 2.00 bits per heavy atom. The fourth-order valence-electron chi connectivity index (χ4n) is 2.81. The highest BCUT2D eigenvalue weighted by Gasteiger charge is 2.16. The monoisotopic (exact) mass is 429 g/mol. The SMILES string of the molecule is CCn1c(SCc2cccc(Br)c2)nnc1-c1csc2ccccc12. The summed E-state index contributed by atoms with van der Waals surface area (Å²) in [6, 6.07) is 16.9. The van der Waals surface area contributed by atoms with Gasteiger partial charge in [0.05, 0.1) is 0 Å². The Balaban J connectivity index is 1.65. The highest BCUT2D eigenvalue weighted by molar-refractivity contribution is 9.10.